The van der Waals surface area contributed by atoms with Crippen molar-refractivity contribution in [3.05, 3.63) is 35.7 Å². The van der Waals surface area contributed by atoms with Crippen LogP contribution in [0.5, 0.6) is 0 Å². The van der Waals surface area contributed by atoms with Gasteiger partial charge < -0.3 is 9.47 Å². The topological polar surface area (TPSA) is 64.1 Å². The van der Waals surface area contributed by atoms with Gasteiger partial charge in [0.1, 0.15) is 17.5 Å². The number of nitrogens with zero attached hydrogens (tertiary/aromatic N) is 7. The molecule has 0 atom stereocenters. The van der Waals surface area contributed by atoms with Gasteiger partial charge in [-0.1, -0.05) is 13.8 Å². The minimum atomic E-state index is 0.391. The molecule has 0 amide bonds. The van der Waals surface area contributed by atoms with Crippen molar-refractivity contribution in [1.29, 1.82) is 0 Å². The molecule has 0 bridgehead atoms. The summed E-state index contributed by atoms with van der Waals surface area (Å²) >= 11 is 0. The molecule has 0 saturated carbocycles. The highest BCUT2D eigenvalue weighted by Crippen LogP contribution is 2.23. The molecule has 0 N–H and O–H groups in total. The van der Waals surface area contributed by atoms with E-state index in [0.717, 1.165) is 54.9 Å². The van der Waals surface area contributed by atoms with Crippen molar-refractivity contribution in [3.8, 4) is 0 Å². The highest BCUT2D eigenvalue weighted by molar-refractivity contribution is 5.51. The highest BCUT2D eigenvalue weighted by atomic mass is 15.4. The maximum atomic E-state index is 4.70. The molecular weight excluding hydrogens is 290 g/mol. The molecule has 0 unspecified atom stereocenters. The predicted molar refractivity (Wildman–Crippen MR) is 87.8 cm³/mol. The fourth-order valence-electron chi connectivity index (χ4n) is 3.13. The van der Waals surface area contributed by atoms with Crippen molar-refractivity contribution in [3.63, 3.8) is 0 Å². The van der Waals surface area contributed by atoms with Gasteiger partial charge in [-0.3, -0.25) is 0 Å². The minimum Gasteiger partial charge on any atom is -0.354 e. The van der Waals surface area contributed by atoms with E-state index in [1.54, 1.807) is 0 Å². The first-order chi connectivity index (χ1) is 11.1. The molecule has 120 valence electrons. The number of hydrogen-bond acceptors (Lipinski definition) is 5. The molecule has 0 radical (unpaired) electrons. The standard InChI is InChI=1S/C16H21N7/c1-11(2)13-10-16(23-14(18-13)4-6-17-23)21-7-5-15-20-19-12(3)22(15)9-8-21/h4,6,10-11H,5,7-9H2,1-3H3. The summed E-state index contributed by atoms with van der Waals surface area (Å²) in [5, 5.41) is 12.9. The summed E-state index contributed by atoms with van der Waals surface area (Å²) in [5.41, 5.74) is 2.01. The summed E-state index contributed by atoms with van der Waals surface area (Å²) in [4.78, 5) is 7.08. The zero-order valence-electron chi connectivity index (χ0n) is 13.8. The average molecular weight is 311 g/mol. The van der Waals surface area contributed by atoms with Crippen molar-refractivity contribution >= 4 is 11.5 Å². The zero-order chi connectivity index (χ0) is 16.0. The third kappa shape index (κ3) is 2.36. The summed E-state index contributed by atoms with van der Waals surface area (Å²) < 4.78 is 4.15. The lowest BCUT2D eigenvalue weighted by atomic mass is 10.1. The normalized spacial score (nSPS) is 15.2. The fraction of sp³-hybridized carbons (Fsp3) is 0.500. The van der Waals surface area contributed by atoms with E-state index in [0.29, 0.717) is 5.92 Å². The molecule has 0 aromatic carbocycles. The van der Waals surface area contributed by atoms with Crippen molar-refractivity contribution in [1.82, 2.24) is 29.4 Å². The van der Waals surface area contributed by atoms with Gasteiger partial charge in [-0.05, 0) is 12.8 Å². The zero-order valence-corrected chi connectivity index (χ0v) is 13.8. The summed E-state index contributed by atoms with van der Waals surface area (Å²) in [5.74, 6) is 3.56. The van der Waals surface area contributed by atoms with Crippen LogP contribution in [-0.4, -0.2) is 42.5 Å². The lowest BCUT2D eigenvalue weighted by Gasteiger charge is -2.24. The maximum Gasteiger partial charge on any atom is 0.157 e. The van der Waals surface area contributed by atoms with Crippen LogP contribution in [-0.2, 0) is 13.0 Å². The van der Waals surface area contributed by atoms with Gasteiger partial charge >= 0.3 is 0 Å². The molecule has 1 aliphatic rings. The molecule has 3 aromatic rings. The Balaban J connectivity index is 1.73. The van der Waals surface area contributed by atoms with Crippen LogP contribution in [0.3, 0.4) is 0 Å². The number of hydrogen-bond donors (Lipinski definition) is 0. The molecule has 7 nitrogen and oxygen atoms in total. The fourth-order valence-corrected chi connectivity index (χ4v) is 3.13. The van der Waals surface area contributed by atoms with Crippen LogP contribution >= 0.6 is 0 Å². The van der Waals surface area contributed by atoms with Gasteiger partial charge in [-0.2, -0.15) is 9.61 Å². The Hall–Kier alpha value is -2.44. The SMILES string of the molecule is Cc1nnc2n1CCN(c1cc(C(C)C)nc3ccnn13)CC2. The summed E-state index contributed by atoms with van der Waals surface area (Å²) in [6.07, 6.45) is 2.70. The Kier molecular flexibility index (Phi) is 3.28. The summed E-state index contributed by atoms with van der Waals surface area (Å²) in [7, 11) is 0. The Morgan fingerprint density at radius 1 is 1.13 bits per heavy atom. The average Bonchev–Trinajstić information content (AvgIpc) is 3.08. The Morgan fingerprint density at radius 3 is 2.83 bits per heavy atom. The molecule has 23 heavy (non-hydrogen) atoms. The number of rotatable bonds is 2. The third-order valence-corrected chi connectivity index (χ3v) is 4.49. The highest BCUT2D eigenvalue weighted by Gasteiger charge is 2.20. The third-order valence-electron chi connectivity index (χ3n) is 4.49. The van der Waals surface area contributed by atoms with E-state index in [2.05, 4.69) is 44.7 Å². The summed E-state index contributed by atoms with van der Waals surface area (Å²) in [6, 6.07) is 4.14. The first kappa shape index (κ1) is 14.2. The van der Waals surface area contributed by atoms with Crippen LogP contribution < -0.4 is 4.90 Å². The second kappa shape index (κ2) is 5.33. The molecule has 1 aliphatic heterocycles. The minimum absolute atomic E-state index is 0.391. The second-order valence-electron chi connectivity index (χ2n) is 6.35. The van der Waals surface area contributed by atoms with Gasteiger partial charge in [0, 0.05) is 43.9 Å². The Bertz CT molecular complexity index is 845. The van der Waals surface area contributed by atoms with Gasteiger partial charge in [0.2, 0.25) is 0 Å². The first-order valence-corrected chi connectivity index (χ1v) is 8.12. The van der Waals surface area contributed by atoms with Crippen LogP contribution in [0.2, 0.25) is 0 Å². The monoisotopic (exact) mass is 311 g/mol. The van der Waals surface area contributed by atoms with Gasteiger partial charge in [-0.25, -0.2) is 4.98 Å². The van der Waals surface area contributed by atoms with Crippen LogP contribution in [0, 0.1) is 6.92 Å². The molecule has 0 aliphatic carbocycles. The molecule has 7 heteroatoms. The number of aryl methyl sites for hydroxylation is 1. The van der Waals surface area contributed by atoms with Gasteiger partial charge in [0.15, 0.2) is 5.65 Å². The van der Waals surface area contributed by atoms with E-state index < -0.39 is 0 Å². The molecule has 0 saturated heterocycles. The predicted octanol–water partition coefficient (Wildman–Crippen LogP) is 1.82. The van der Waals surface area contributed by atoms with Crippen molar-refractivity contribution in [2.75, 3.05) is 18.0 Å². The van der Waals surface area contributed by atoms with Gasteiger partial charge in [0.25, 0.3) is 0 Å². The Labute approximate surface area is 135 Å². The Morgan fingerprint density at radius 2 is 2.00 bits per heavy atom. The molecular formula is C16H21N7. The van der Waals surface area contributed by atoms with Crippen LogP contribution in [0.15, 0.2) is 18.3 Å². The van der Waals surface area contributed by atoms with Crippen molar-refractivity contribution in [2.24, 2.45) is 0 Å². The lowest BCUT2D eigenvalue weighted by molar-refractivity contribution is 0.658. The van der Waals surface area contributed by atoms with Crippen LogP contribution in [0.4, 0.5) is 5.82 Å². The van der Waals surface area contributed by atoms with Crippen molar-refractivity contribution in [2.45, 2.75) is 39.7 Å². The number of fused-ring (bicyclic) bond motifs is 2. The van der Waals surface area contributed by atoms with Crippen LogP contribution in [0.25, 0.3) is 5.65 Å². The maximum absolute atomic E-state index is 4.70. The number of aromatic nitrogens is 6. The first-order valence-electron chi connectivity index (χ1n) is 8.12. The van der Waals surface area contributed by atoms with E-state index >= 15 is 0 Å². The number of anilines is 1. The van der Waals surface area contributed by atoms with Gasteiger partial charge in [0.05, 0.1) is 6.20 Å². The smallest absolute Gasteiger partial charge is 0.157 e. The summed E-state index contributed by atoms with van der Waals surface area (Å²) in [6.45, 7) is 9.09. The molecule has 4 rings (SSSR count). The van der Waals surface area contributed by atoms with E-state index in [4.69, 9.17) is 4.98 Å². The molecule has 0 spiro atoms. The lowest BCUT2D eigenvalue weighted by Crippen LogP contribution is -2.29. The van der Waals surface area contributed by atoms with E-state index in [9.17, 15) is 0 Å². The van der Waals surface area contributed by atoms with Crippen LogP contribution in [0.1, 0.15) is 37.1 Å². The van der Waals surface area contributed by atoms with E-state index in [-0.39, 0.29) is 0 Å². The van der Waals surface area contributed by atoms with E-state index in [1.807, 2.05) is 23.7 Å². The quantitative estimate of drug-likeness (QED) is 0.722. The molecule has 4 heterocycles. The molecule has 3 aromatic heterocycles. The van der Waals surface area contributed by atoms with Gasteiger partial charge in [-0.15, -0.1) is 10.2 Å². The second-order valence-corrected chi connectivity index (χ2v) is 6.35. The molecule has 0 fully saturated rings. The van der Waals surface area contributed by atoms with Crippen molar-refractivity contribution < 1.29 is 0 Å². The van der Waals surface area contributed by atoms with E-state index in [1.165, 1.54) is 0 Å². The largest absolute Gasteiger partial charge is 0.354 e.